The van der Waals surface area contributed by atoms with Crippen LogP contribution in [0, 0.1) is 0 Å². The second-order valence-corrected chi connectivity index (χ2v) is 3.50. The molecule has 0 amide bonds. The Labute approximate surface area is 96.1 Å². The number of hydrogen-bond acceptors (Lipinski definition) is 4. The third-order valence-corrected chi connectivity index (χ3v) is 2.09. The van der Waals surface area contributed by atoms with E-state index in [1.165, 1.54) is 0 Å². The summed E-state index contributed by atoms with van der Waals surface area (Å²) < 4.78 is 0. The smallest absolute Gasteiger partial charge is 0.227 e. The van der Waals surface area contributed by atoms with Gasteiger partial charge in [-0.3, -0.25) is 0 Å². The van der Waals surface area contributed by atoms with Crippen molar-refractivity contribution in [1.29, 1.82) is 0 Å². The maximum absolute atomic E-state index is 5.66. The van der Waals surface area contributed by atoms with Crippen molar-refractivity contribution in [2.75, 3.05) is 5.73 Å². The Morgan fingerprint density at radius 1 is 0.867 bits per heavy atom. The molecule has 0 aliphatic rings. The predicted molar refractivity (Wildman–Crippen MR) is 59.7 cm³/mol. The van der Waals surface area contributed by atoms with E-state index < -0.39 is 0 Å². The van der Waals surface area contributed by atoms with Gasteiger partial charge in [0.05, 0.1) is 0 Å². The number of anilines is 1. The average molecular weight is 241 g/mol. The Kier molecular flexibility index (Phi) is 2.70. The lowest BCUT2D eigenvalue weighted by Gasteiger charge is -2.00. The van der Waals surface area contributed by atoms with Crippen LogP contribution in [0.5, 0.6) is 0 Å². The molecule has 0 bridgehead atoms. The van der Waals surface area contributed by atoms with Gasteiger partial charge in [0.2, 0.25) is 10.6 Å². The number of aromatic nitrogens is 3. The first-order valence-corrected chi connectivity index (χ1v) is 4.84. The Hall–Kier alpha value is -1.39. The van der Waals surface area contributed by atoms with Crippen LogP contribution in [0.2, 0.25) is 10.6 Å². The molecule has 1 aromatic carbocycles. The van der Waals surface area contributed by atoms with E-state index in [1.807, 2.05) is 0 Å². The van der Waals surface area contributed by atoms with Gasteiger partial charge in [-0.25, -0.2) is 0 Å². The van der Waals surface area contributed by atoms with Crippen LogP contribution < -0.4 is 5.73 Å². The van der Waals surface area contributed by atoms with Gasteiger partial charge in [-0.15, -0.1) is 0 Å². The summed E-state index contributed by atoms with van der Waals surface area (Å²) in [6, 6.07) is 7.08. The maximum Gasteiger partial charge on any atom is 0.227 e. The summed E-state index contributed by atoms with van der Waals surface area (Å²) in [6.07, 6.45) is 0. The van der Waals surface area contributed by atoms with E-state index in [9.17, 15) is 0 Å². The van der Waals surface area contributed by atoms with Gasteiger partial charge in [0.25, 0.3) is 0 Å². The number of nitrogen functional groups attached to an aromatic ring is 1. The fraction of sp³-hybridized carbons (Fsp3) is 0. The van der Waals surface area contributed by atoms with Crippen LogP contribution in [-0.4, -0.2) is 15.0 Å². The lowest BCUT2D eigenvalue weighted by molar-refractivity contribution is 1.06. The maximum atomic E-state index is 5.66. The molecule has 0 aliphatic heterocycles. The summed E-state index contributed by atoms with van der Waals surface area (Å²) in [5.41, 5.74) is 7.02. The summed E-state index contributed by atoms with van der Waals surface area (Å²) in [5, 5.41) is 0.142. The van der Waals surface area contributed by atoms with Crippen molar-refractivity contribution in [3.8, 4) is 11.4 Å². The summed E-state index contributed by atoms with van der Waals surface area (Å²) in [7, 11) is 0. The largest absolute Gasteiger partial charge is 0.399 e. The summed E-state index contributed by atoms with van der Waals surface area (Å²) >= 11 is 11.3. The molecule has 4 nitrogen and oxygen atoms in total. The highest BCUT2D eigenvalue weighted by molar-refractivity contribution is 6.31. The first-order chi connectivity index (χ1) is 7.15. The topological polar surface area (TPSA) is 64.7 Å². The molecule has 0 aliphatic carbocycles. The second-order valence-electron chi connectivity index (χ2n) is 2.82. The van der Waals surface area contributed by atoms with E-state index in [0.717, 1.165) is 5.56 Å². The molecular weight excluding hydrogens is 235 g/mol. The number of benzene rings is 1. The highest BCUT2D eigenvalue weighted by Gasteiger charge is 2.05. The van der Waals surface area contributed by atoms with E-state index in [-0.39, 0.29) is 10.6 Å². The summed E-state index contributed by atoms with van der Waals surface area (Å²) in [4.78, 5) is 11.6. The predicted octanol–water partition coefficient (Wildman–Crippen LogP) is 2.43. The monoisotopic (exact) mass is 240 g/mol. The van der Waals surface area contributed by atoms with E-state index in [2.05, 4.69) is 15.0 Å². The van der Waals surface area contributed by atoms with Gasteiger partial charge >= 0.3 is 0 Å². The van der Waals surface area contributed by atoms with Crippen LogP contribution in [-0.2, 0) is 0 Å². The molecule has 2 rings (SSSR count). The van der Waals surface area contributed by atoms with Crippen LogP contribution in [0.1, 0.15) is 0 Å². The SMILES string of the molecule is Nc1ccc(-c2nc(Cl)nc(Cl)n2)cc1. The van der Waals surface area contributed by atoms with Gasteiger partial charge in [-0.05, 0) is 47.5 Å². The minimum Gasteiger partial charge on any atom is -0.399 e. The minimum atomic E-state index is 0.0711. The van der Waals surface area contributed by atoms with E-state index >= 15 is 0 Å². The van der Waals surface area contributed by atoms with Crippen molar-refractivity contribution >= 4 is 28.9 Å². The van der Waals surface area contributed by atoms with Crippen molar-refractivity contribution in [2.45, 2.75) is 0 Å². The Morgan fingerprint density at radius 3 is 1.93 bits per heavy atom. The van der Waals surface area contributed by atoms with E-state index in [0.29, 0.717) is 11.5 Å². The van der Waals surface area contributed by atoms with Gasteiger partial charge in [-0.1, -0.05) is 0 Å². The van der Waals surface area contributed by atoms with Gasteiger partial charge in [0, 0.05) is 11.3 Å². The van der Waals surface area contributed by atoms with Crippen molar-refractivity contribution in [3.63, 3.8) is 0 Å². The molecule has 0 saturated carbocycles. The number of nitrogens with zero attached hydrogens (tertiary/aromatic N) is 3. The fourth-order valence-corrected chi connectivity index (χ4v) is 1.45. The van der Waals surface area contributed by atoms with E-state index in [1.54, 1.807) is 24.3 Å². The zero-order valence-corrected chi connectivity index (χ0v) is 9.00. The summed E-state index contributed by atoms with van der Waals surface area (Å²) in [6.45, 7) is 0. The lowest BCUT2D eigenvalue weighted by atomic mass is 10.2. The molecule has 6 heteroatoms. The van der Waals surface area contributed by atoms with Crippen molar-refractivity contribution in [3.05, 3.63) is 34.8 Å². The molecule has 76 valence electrons. The molecule has 0 fully saturated rings. The highest BCUT2D eigenvalue weighted by Crippen LogP contribution is 2.18. The van der Waals surface area contributed by atoms with Crippen molar-refractivity contribution in [1.82, 2.24) is 15.0 Å². The molecule has 1 heterocycles. The molecule has 0 atom stereocenters. The van der Waals surface area contributed by atoms with Gasteiger partial charge in [-0.2, -0.15) is 15.0 Å². The number of halogens is 2. The van der Waals surface area contributed by atoms with E-state index in [4.69, 9.17) is 28.9 Å². The van der Waals surface area contributed by atoms with Gasteiger partial charge < -0.3 is 5.73 Å². The van der Waals surface area contributed by atoms with Crippen LogP contribution in [0.15, 0.2) is 24.3 Å². The molecule has 0 unspecified atom stereocenters. The third-order valence-electron chi connectivity index (χ3n) is 1.75. The summed E-state index contributed by atoms with van der Waals surface area (Å²) in [5.74, 6) is 0.431. The van der Waals surface area contributed by atoms with Crippen molar-refractivity contribution < 1.29 is 0 Å². The van der Waals surface area contributed by atoms with Gasteiger partial charge in [0.15, 0.2) is 5.82 Å². The number of nitrogens with two attached hydrogens (primary N) is 1. The zero-order chi connectivity index (χ0) is 10.8. The third kappa shape index (κ3) is 2.34. The first kappa shape index (κ1) is 10.1. The second kappa shape index (κ2) is 4.00. The van der Waals surface area contributed by atoms with Gasteiger partial charge in [0.1, 0.15) is 0 Å². The molecule has 2 aromatic rings. The molecule has 0 radical (unpaired) electrons. The minimum absolute atomic E-state index is 0.0711. The Bertz CT molecular complexity index is 464. The Morgan fingerprint density at radius 2 is 1.40 bits per heavy atom. The van der Waals surface area contributed by atoms with Crippen LogP contribution in [0.4, 0.5) is 5.69 Å². The molecule has 1 aromatic heterocycles. The standard InChI is InChI=1S/C9H6Cl2N4/c10-8-13-7(14-9(11)15-8)5-1-3-6(12)4-2-5/h1-4H,12H2. The van der Waals surface area contributed by atoms with Crippen LogP contribution in [0.25, 0.3) is 11.4 Å². The molecule has 15 heavy (non-hydrogen) atoms. The van der Waals surface area contributed by atoms with Crippen LogP contribution >= 0.6 is 23.2 Å². The molecule has 2 N–H and O–H groups in total. The Balaban J connectivity index is 2.49. The average Bonchev–Trinajstić information content (AvgIpc) is 2.17. The number of rotatable bonds is 1. The number of hydrogen-bond donors (Lipinski definition) is 1. The zero-order valence-electron chi connectivity index (χ0n) is 7.48. The lowest BCUT2D eigenvalue weighted by Crippen LogP contribution is -1.93. The normalized spacial score (nSPS) is 10.3. The first-order valence-electron chi connectivity index (χ1n) is 4.08. The van der Waals surface area contributed by atoms with Crippen molar-refractivity contribution in [2.24, 2.45) is 0 Å². The van der Waals surface area contributed by atoms with Crippen LogP contribution in [0.3, 0.4) is 0 Å². The highest BCUT2D eigenvalue weighted by atomic mass is 35.5. The quantitative estimate of drug-likeness (QED) is 0.778. The molecule has 0 spiro atoms. The molecule has 0 saturated heterocycles. The fourth-order valence-electron chi connectivity index (χ4n) is 1.09. The molecular formula is C9H6Cl2N4.